The largest absolute Gasteiger partial charge is 0.374 e. The number of nitrogens with two attached hydrogens (primary N) is 1. The summed E-state index contributed by atoms with van der Waals surface area (Å²) >= 11 is 0. The predicted octanol–water partition coefficient (Wildman–Crippen LogP) is 0.521. The molecule has 6 nitrogen and oxygen atoms in total. The maximum Gasteiger partial charge on any atom is 0.237 e. The van der Waals surface area contributed by atoms with Gasteiger partial charge in [-0.1, -0.05) is 11.6 Å². The van der Waals surface area contributed by atoms with Gasteiger partial charge in [0, 0.05) is 26.1 Å². The van der Waals surface area contributed by atoms with Gasteiger partial charge in [0.25, 0.3) is 0 Å². The van der Waals surface area contributed by atoms with Crippen LogP contribution in [0, 0.1) is 0 Å². The standard InChI is InChI=1S/C16H27N3O3/c1-18-7-8-22-14(10-18)11-19(12-15(17)20)16(21)9-13-5-3-2-4-6-13/h5,14H,2-4,6-12H2,1H3,(H2,17,20). The molecule has 0 aromatic rings. The smallest absolute Gasteiger partial charge is 0.237 e. The average Bonchev–Trinajstić information content (AvgIpc) is 2.47. The summed E-state index contributed by atoms with van der Waals surface area (Å²) in [5, 5.41) is 0. The summed E-state index contributed by atoms with van der Waals surface area (Å²) in [5.41, 5.74) is 6.49. The summed E-state index contributed by atoms with van der Waals surface area (Å²) in [4.78, 5) is 27.5. The molecule has 0 bridgehead atoms. The Labute approximate surface area is 132 Å². The highest BCUT2D eigenvalue weighted by atomic mass is 16.5. The molecule has 1 heterocycles. The van der Waals surface area contributed by atoms with Gasteiger partial charge in [0.1, 0.15) is 0 Å². The quantitative estimate of drug-likeness (QED) is 0.726. The minimum absolute atomic E-state index is 0.0243. The first kappa shape index (κ1) is 17.0. The molecule has 0 aromatic heterocycles. The summed E-state index contributed by atoms with van der Waals surface area (Å²) in [6, 6.07) is 0. The van der Waals surface area contributed by atoms with Crippen LogP contribution in [0.1, 0.15) is 32.1 Å². The van der Waals surface area contributed by atoms with Crippen LogP contribution in [0.15, 0.2) is 11.6 Å². The first-order chi connectivity index (χ1) is 10.5. The topological polar surface area (TPSA) is 75.9 Å². The lowest BCUT2D eigenvalue weighted by Gasteiger charge is -2.33. The van der Waals surface area contributed by atoms with Gasteiger partial charge in [-0.25, -0.2) is 0 Å². The van der Waals surface area contributed by atoms with Crippen molar-refractivity contribution in [3.8, 4) is 0 Å². The maximum absolute atomic E-state index is 12.5. The molecule has 1 aliphatic heterocycles. The molecule has 1 aliphatic carbocycles. The lowest BCUT2D eigenvalue weighted by molar-refractivity contribution is -0.137. The summed E-state index contributed by atoms with van der Waals surface area (Å²) < 4.78 is 5.70. The van der Waals surface area contributed by atoms with Crippen molar-refractivity contribution in [2.45, 2.75) is 38.2 Å². The van der Waals surface area contributed by atoms with E-state index in [1.807, 2.05) is 7.05 Å². The van der Waals surface area contributed by atoms with Gasteiger partial charge in [-0.15, -0.1) is 0 Å². The highest BCUT2D eigenvalue weighted by Gasteiger charge is 2.25. The van der Waals surface area contributed by atoms with E-state index in [0.29, 0.717) is 19.6 Å². The number of carbonyl (C=O) groups is 2. The van der Waals surface area contributed by atoms with E-state index in [9.17, 15) is 9.59 Å². The molecule has 2 aliphatic rings. The van der Waals surface area contributed by atoms with Crippen molar-refractivity contribution in [2.24, 2.45) is 5.73 Å². The van der Waals surface area contributed by atoms with Crippen LogP contribution in [0.5, 0.6) is 0 Å². The molecule has 0 radical (unpaired) electrons. The Bertz CT molecular complexity index is 436. The van der Waals surface area contributed by atoms with Crippen molar-refractivity contribution in [1.29, 1.82) is 0 Å². The summed E-state index contributed by atoms with van der Waals surface area (Å²) in [6.45, 7) is 2.72. The zero-order valence-corrected chi connectivity index (χ0v) is 13.4. The molecule has 1 fully saturated rings. The first-order valence-corrected chi connectivity index (χ1v) is 8.08. The number of primary amides is 1. The Morgan fingerprint density at radius 1 is 1.45 bits per heavy atom. The Morgan fingerprint density at radius 2 is 2.27 bits per heavy atom. The fraction of sp³-hybridized carbons (Fsp3) is 0.750. The number of rotatable bonds is 6. The van der Waals surface area contributed by atoms with Crippen LogP contribution in [0.4, 0.5) is 0 Å². The SMILES string of the molecule is CN1CCOC(CN(CC(N)=O)C(=O)CC2=CCCCC2)C1. The number of amides is 2. The molecule has 0 spiro atoms. The van der Waals surface area contributed by atoms with E-state index in [-0.39, 0.29) is 18.6 Å². The molecule has 2 rings (SSSR count). The van der Waals surface area contributed by atoms with Crippen molar-refractivity contribution in [2.75, 3.05) is 39.8 Å². The van der Waals surface area contributed by atoms with Crippen molar-refractivity contribution < 1.29 is 14.3 Å². The normalized spacial score (nSPS) is 23.0. The molecule has 6 heteroatoms. The molecule has 2 amide bonds. The molecule has 1 unspecified atom stereocenters. The van der Waals surface area contributed by atoms with Crippen LogP contribution in [0.3, 0.4) is 0 Å². The highest BCUT2D eigenvalue weighted by Crippen LogP contribution is 2.21. The minimum Gasteiger partial charge on any atom is -0.374 e. The van der Waals surface area contributed by atoms with Crippen LogP contribution < -0.4 is 5.73 Å². The second-order valence-corrected chi connectivity index (χ2v) is 6.28. The Hall–Kier alpha value is -1.40. The fourth-order valence-corrected chi connectivity index (χ4v) is 3.04. The monoisotopic (exact) mass is 309 g/mol. The molecule has 0 aromatic carbocycles. The van der Waals surface area contributed by atoms with Crippen molar-refractivity contribution in [3.63, 3.8) is 0 Å². The van der Waals surface area contributed by atoms with Gasteiger partial charge in [-0.05, 0) is 32.7 Å². The Kier molecular flexibility index (Phi) is 6.39. The number of likely N-dealkylation sites (N-methyl/N-ethyl adjacent to an activating group) is 1. The Morgan fingerprint density at radius 3 is 2.91 bits per heavy atom. The summed E-state index contributed by atoms with van der Waals surface area (Å²) in [5.74, 6) is -0.501. The van der Waals surface area contributed by atoms with E-state index in [1.54, 1.807) is 4.90 Å². The number of ether oxygens (including phenoxy) is 1. The van der Waals surface area contributed by atoms with Gasteiger partial charge in [-0.3, -0.25) is 9.59 Å². The van der Waals surface area contributed by atoms with Crippen LogP contribution in [-0.4, -0.2) is 67.6 Å². The molecule has 1 atom stereocenters. The third-order valence-electron chi connectivity index (χ3n) is 4.23. The van der Waals surface area contributed by atoms with Crippen LogP contribution >= 0.6 is 0 Å². The third-order valence-corrected chi connectivity index (χ3v) is 4.23. The summed E-state index contributed by atoms with van der Waals surface area (Å²) in [7, 11) is 2.03. The minimum atomic E-state index is -0.477. The van der Waals surface area contributed by atoms with E-state index in [1.165, 1.54) is 12.0 Å². The predicted molar refractivity (Wildman–Crippen MR) is 84.2 cm³/mol. The van der Waals surface area contributed by atoms with Crippen molar-refractivity contribution >= 4 is 11.8 Å². The van der Waals surface area contributed by atoms with Crippen molar-refractivity contribution in [1.82, 2.24) is 9.80 Å². The lowest BCUT2D eigenvalue weighted by atomic mass is 9.97. The molecule has 0 saturated carbocycles. The van der Waals surface area contributed by atoms with Crippen LogP contribution in [0.25, 0.3) is 0 Å². The zero-order chi connectivity index (χ0) is 15.9. The Balaban J connectivity index is 1.93. The van der Waals surface area contributed by atoms with Gasteiger partial charge in [0.15, 0.2) is 0 Å². The molecule has 1 saturated heterocycles. The van der Waals surface area contributed by atoms with E-state index >= 15 is 0 Å². The van der Waals surface area contributed by atoms with Gasteiger partial charge in [0.05, 0.1) is 19.3 Å². The van der Waals surface area contributed by atoms with Gasteiger partial charge in [-0.2, -0.15) is 0 Å². The van der Waals surface area contributed by atoms with E-state index in [0.717, 1.165) is 32.4 Å². The van der Waals surface area contributed by atoms with Gasteiger partial charge < -0.3 is 20.3 Å². The van der Waals surface area contributed by atoms with Gasteiger partial charge >= 0.3 is 0 Å². The molecule has 22 heavy (non-hydrogen) atoms. The van der Waals surface area contributed by atoms with Crippen LogP contribution in [0.2, 0.25) is 0 Å². The maximum atomic E-state index is 12.5. The average molecular weight is 309 g/mol. The van der Waals surface area contributed by atoms with E-state index in [4.69, 9.17) is 10.5 Å². The lowest BCUT2D eigenvalue weighted by Crippen LogP contribution is -2.49. The fourth-order valence-electron chi connectivity index (χ4n) is 3.04. The number of morpholine rings is 1. The molecular formula is C16H27N3O3. The molecule has 124 valence electrons. The number of allylic oxidation sites excluding steroid dienone is 1. The summed E-state index contributed by atoms with van der Waals surface area (Å²) in [6.07, 6.45) is 6.89. The highest BCUT2D eigenvalue weighted by molar-refractivity contribution is 5.85. The second-order valence-electron chi connectivity index (χ2n) is 6.28. The van der Waals surface area contributed by atoms with Crippen molar-refractivity contribution in [3.05, 3.63) is 11.6 Å². The molecule has 2 N–H and O–H groups in total. The van der Waals surface area contributed by atoms with Crippen LogP contribution in [-0.2, 0) is 14.3 Å². The number of carbonyl (C=O) groups excluding carboxylic acids is 2. The number of nitrogens with zero attached hydrogens (tertiary/aromatic N) is 2. The third kappa shape index (κ3) is 5.42. The number of hydrogen-bond acceptors (Lipinski definition) is 4. The number of hydrogen-bond donors (Lipinski definition) is 1. The van der Waals surface area contributed by atoms with E-state index in [2.05, 4.69) is 11.0 Å². The van der Waals surface area contributed by atoms with Gasteiger partial charge in [0.2, 0.25) is 11.8 Å². The molecular weight excluding hydrogens is 282 g/mol. The first-order valence-electron chi connectivity index (χ1n) is 8.08. The van der Waals surface area contributed by atoms with E-state index < -0.39 is 5.91 Å². The zero-order valence-electron chi connectivity index (χ0n) is 13.4. The second kappa shape index (κ2) is 8.29.